The van der Waals surface area contributed by atoms with Crippen LogP contribution in [0.5, 0.6) is 11.5 Å². The third-order valence-electron chi connectivity index (χ3n) is 2.37. The number of methoxy groups -OCH3 is 2. The average molecular weight is 275 g/mol. The summed E-state index contributed by atoms with van der Waals surface area (Å²) in [7, 11) is -0.870. The second kappa shape index (κ2) is 6.03. The Hall–Kier alpha value is -1.31. The molecule has 0 atom stereocenters. The molecule has 0 aliphatic rings. The van der Waals surface area contributed by atoms with E-state index in [0.29, 0.717) is 5.75 Å². The molecule has 0 unspecified atom stereocenters. The van der Waals surface area contributed by atoms with Gasteiger partial charge in [0.15, 0.2) is 0 Å². The highest BCUT2D eigenvalue weighted by molar-refractivity contribution is 7.89. The molecule has 2 N–H and O–H groups in total. The molecule has 7 heteroatoms. The number of ether oxygens (including phenoxy) is 2. The van der Waals surface area contributed by atoms with Crippen LogP contribution in [0.15, 0.2) is 17.0 Å². The molecule has 0 radical (unpaired) electrons. The van der Waals surface area contributed by atoms with Gasteiger partial charge in [-0.2, -0.15) is 0 Å². The molecular weight excluding hydrogens is 258 g/mol. The van der Waals surface area contributed by atoms with Crippen molar-refractivity contribution >= 4 is 10.0 Å². The van der Waals surface area contributed by atoms with E-state index in [0.717, 1.165) is 5.56 Å². The zero-order valence-electron chi connectivity index (χ0n) is 10.6. The molecule has 6 nitrogen and oxygen atoms in total. The van der Waals surface area contributed by atoms with Gasteiger partial charge in [0.1, 0.15) is 16.4 Å². The van der Waals surface area contributed by atoms with Crippen molar-refractivity contribution in [3.63, 3.8) is 0 Å². The number of sulfonamides is 1. The van der Waals surface area contributed by atoms with Crippen LogP contribution >= 0.6 is 0 Å². The molecule has 1 aromatic carbocycles. The Morgan fingerprint density at radius 1 is 1.22 bits per heavy atom. The summed E-state index contributed by atoms with van der Waals surface area (Å²) in [5.74, 6) is 0.693. The molecule has 1 aromatic rings. The van der Waals surface area contributed by atoms with E-state index in [1.807, 2.05) is 0 Å². The summed E-state index contributed by atoms with van der Waals surface area (Å²) in [6, 6.07) is 2.99. The highest BCUT2D eigenvalue weighted by atomic mass is 32.2. The monoisotopic (exact) mass is 275 g/mol. The fourth-order valence-electron chi connectivity index (χ4n) is 1.49. The van der Waals surface area contributed by atoms with Crippen LogP contribution in [0.4, 0.5) is 0 Å². The molecule has 0 saturated heterocycles. The van der Waals surface area contributed by atoms with E-state index in [2.05, 4.69) is 4.72 Å². The molecule has 0 aromatic heterocycles. The van der Waals surface area contributed by atoms with Gasteiger partial charge in [0.2, 0.25) is 10.0 Å². The van der Waals surface area contributed by atoms with Crippen LogP contribution in [0.25, 0.3) is 0 Å². The fraction of sp³-hybridized carbons (Fsp3) is 0.455. The zero-order valence-corrected chi connectivity index (χ0v) is 11.4. The van der Waals surface area contributed by atoms with Gasteiger partial charge >= 0.3 is 0 Å². The maximum atomic E-state index is 12.0. The Morgan fingerprint density at radius 3 is 2.33 bits per heavy atom. The smallest absolute Gasteiger partial charge is 0.244 e. The fourth-order valence-corrected chi connectivity index (χ4v) is 2.67. The molecule has 0 saturated carbocycles. The van der Waals surface area contributed by atoms with Gasteiger partial charge in [-0.25, -0.2) is 13.1 Å². The first-order valence-corrected chi connectivity index (χ1v) is 6.77. The summed E-state index contributed by atoms with van der Waals surface area (Å²) in [6.45, 7) is 1.46. The molecule has 102 valence electrons. The molecule has 0 amide bonds. The topological polar surface area (TPSA) is 84.9 Å². The quantitative estimate of drug-likeness (QED) is 0.779. The average Bonchev–Trinajstić information content (AvgIpc) is 2.35. The van der Waals surface area contributed by atoms with Gasteiger partial charge in [-0.05, 0) is 18.6 Å². The number of hydrogen-bond donors (Lipinski definition) is 2. The Bertz CT molecular complexity index is 512. The number of benzene rings is 1. The predicted molar refractivity (Wildman–Crippen MR) is 66.6 cm³/mol. The minimum Gasteiger partial charge on any atom is -0.496 e. The standard InChI is InChI=1S/C11H17NO5S/c1-8-6-10(17-3)11(7-9(8)16-2)18(14,15)12-4-5-13/h6-7,12-13H,4-5H2,1-3H3. The molecule has 18 heavy (non-hydrogen) atoms. The van der Waals surface area contributed by atoms with E-state index >= 15 is 0 Å². The second-order valence-electron chi connectivity index (χ2n) is 3.59. The van der Waals surface area contributed by atoms with Crippen molar-refractivity contribution in [1.82, 2.24) is 4.72 Å². The summed E-state index contributed by atoms with van der Waals surface area (Å²) < 4.78 is 36.4. The van der Waals surface area contributed by atoms with E-state index < -0.39 is 10.0 Å². The van der Waals surface area contributed by atoms with Crippen molar-refractivity contribution in [2.24, 2.45) is 0 Å². The van der Waals surface area contributed by atoms with E-state index in [4.69, 9.17) is 14.6 Å². The third-order valence-corrected chi connectivity index (χ3v) is 3.86. The number of rotatable bonds is 6. The number of hydrogen-bond acceptors (Lipinski definition) is 5. The Kier molecular flexibility index (Phi) is 4.94. The van der Waals surface area contributed by atoms with Gasteiger partial charge in [0.05, 0.1) is 20.8 Å². The zero-order chi connectivity index (χ0) is 13.8. The van der Waals surface area contributed by atoms with Crippen molar-refractivity contribution in [2.45, 2.75) is 11.8 Å². The van der Waals surface area contributed by atoms with Crippen molar-refractivity contribution in [2.75, 3.05) is 27.4 Å². The van der Waals surface area contributed by atoms with Crippen LogP contribution in [-0.4, -0.2) is 40.9 Å². The first-order chi connectivity index (χ1) is 8.46. The summed E-state index contributed by atoms with van der Waals surface area (Å²) in [5, 5.41) is 8.66. The Labute approximate surface area is 107 Å². The Morgan fingerprint density at radius 2 is 1.83 bits per heavy atom. The van der Waals surface area contributed by atoms with Gasteiger partial charge in [-0.1, -0.05) is 0 Å². The third kappa shape index (κ3) is 3.12. The van der Waals surface area contributed by atoms with Crippen molar-refractivity contribution in [3.05, 3.63) is 17.7 Å². The number of aryl methyl sites for hydroxylation is 1. The van der Waals surface area contributed by atoms with E-state index in [9.17, 15) is 8.42 Å². The molecule has 0 bridgehead atoms. The lowest BCUT2D eigenvalue weighted by Crippen LogP contribution is -2.27. The SMILES string of the molecule is COc1cc(S(=O)(=O)NCCO)c(OC)cc1C. The maximum Gasteiger partial charge on any atom is 0.244 e. The normalized spacial score (nSPS) is 11.3. The van der Waals surface area contributed by atoms with Crippen LogP contribution in [-0.2, 0) is 10.0 Å². The van der Waals surface area contributed by atoms with Crippen LogP contribution in [0.2, 0.25) is 0 Å². The van der Waals surface area contributed by atoms with Gasteiger partial charge in [0, 0.05) is 12.6 Å². The lowest BCUT2D eigenvalue weighted by Gasteiger charge is -2.13. The van der Waals surface area contributed by atoms with Crippen LogP contribution in [0.1, 0.15) is 5.56 Å². The summed E-state index contributed by atoms with van der Waals surface area (Å²) >= 11 is 0. The number of aliphatic hydroxyl groups excluding tert-OH is 1. The Balaban J connectivity index is 3.29. The van der Waals surface area contributed by atoms with Gasteiger partial charge in [0.25, 0.3) is 0 Å². The summed E-state index contributed by atoms with van der Waals surface area (Å²) in [4.78, 5) is -0.0131. The molecule has 0 aliphatic heterocycles. The van der Waals surface area contributed by atoms with Crippen LogP contribution in [0, 0.1) is 6.92 Å². The van der Waals surface area contributed by atoms with Gasteiger partial charge in [-0.15, -0.1) is 0 Å². The predicted octanol–water partition coefficient (Wildman–Crippen LogP) is 0.283. The maximum absolute atomic E-state index is 12.0. The van der Waals surface area contributed by atoms with Gasteiger partial charge in [-0.3, -0.25) is 0 Å². The van der Waals surface area contributed by atoms with Gasteiger partial charge < -0.3 is 14.6 Å². The molecule has 0 fully saturated rings. The first kappa shape index (κ1) is 14.7. The molecule has 1 rings (SSSR count). The minimum absolute atomic E-state index is 0.0131. The summed E-state index contributed by atoms with van der Waals surface area (Å²) in [6.07, 6.45) is 0. The van der Waals surface area contributed by atoms with E-state index in [1.54, 1.807) is 13.0 Å². The minimum atomic E-state index is -3.73. The van der Waals surface area contributed by atoms with Crippen molar-refractivity contribution < 1.29 is 23.0 Å². The molecule has 0 heterocycles. The number of aliphatic hydroxyl groups is 1. The summed E-state index contributed by atoms with van der Waals surface area (Å²) in [5.41, 5.74) is 0.774. The van der Waals surface area contributed by atoms with Crippen molar-refractivity contribution in [1.29, 1.82) is 0 Å². The van der Waals surface area contributed by atoms with E-state index in [-0.39, 0.29) is 23.8 Å². The first-order valence-electron chi connectivity index (χ1n) is 5.29. The number of nitrogens with one attached hydrogen (secondary N) is 1. The molecule has 0 spiro atoms. The lowest BCUT2D eigenvalue weighted by atomic mass is 10.2. The van der Waals surface area contributed by atoms with Crippen LogP contribution < -0.4 is 14.2 Å². The molecular formula is C11H17NO5S. The highest BCUT2D eigenvalue weighted by Gasteiger charge is 2.21. The second-order valence-corrected chi connectivity index (χ2v) is 5.33. The lowest BCUT2D eigenvalue weighted by molar-refractivity contribution is 0.301. The van der Waals surface area contributed by atoms with E-state index in [1.165, 1.54) is 20.3 Å². The van der Waals surface area contributed by atoms with Crippen molar-refractivity contribution in [3.8, 4) is 11.5 Å². The largest absolute Gasteiger partial charge is 0.496 e. The highest BCUT2D eigenvalue weighted by Crippen LogP contribution is 2.31. The van der Waals surface area contributed by atoms with Crippen LogP contribution in [0.3, 0.4) is 0 Å². The molecule has 0 aliphatic carbocycles.